The molecule has 2 amide bonds. The van der Waals surface area contributed by atoms with Gasteiger partial charge in [0.1, 0.15) is 5.75 Å². The Labute approximate surface area is 238 Å². The zero-order valence-corrected chi connectivity index (χ0v) is 23.4. The molecule has 8 heteroatoms. The largest absolute Gasteiger partial charge is 0.494 e. The molecular formula is C32H32N2O5S. The van der Waals surface area contributed by atoms with Crippen molar-refractivity contribution in [3.05, 3.63) is 107 Å². The van der Waals surface area contributed by atoms with E-state index in [0.29, 0.717) is 41.8 Å². The molecule has 4 aromatic rings. The maximum absolute atomic E-state index is 14.0. The van der Waals surface area contributed by atoms with E-state index in [1.54, 1.807) is 41.1 Å². The first-order valence-corrected chi connectivity index (χ1v) is 14.0. The van der Waals surface area contributed by atoms with Crippen molar-refractivity contribution in [2.45, 2.75) is 19.8 Å². The lowest BCUT2D eigenvalue weighted by molar-refractivity contribution is -0.137. The van der Waals surface area contributed by atoms with Crippen molar-refractivity contribution in [2.75, 3.05) is 31.6 Å². The fraction of sp³-hybridized carbons (Fsp3) is 0.219. The van der Waals surface area contributed by atoms with E-state index in [4.69, 9.17) is 4.74 Å². The maximum atomic E-state index is 14.0. The maximum Gasteiger partial charge on any atom is 0.305 e. The minimum atomic E-state index is -0.978. The Morgan fingerprint density at radius 3 is 2.05 bits per heavy atom. The first-order valence-electron chi connectivity index (χ1n) is 13.1. The number of benzene rings is 3. The van der Waals surface area contributed by atoms with E-state index in [1.165, 1.54) is 11.3 Å². The normalized spacial score (nSPS) is 10.7. The van der Waals surface area contributed by atoms with Crippen LogP contribution >= 0.6 is 11.3 Å². The molecule has 0 saturated heterocycles. The van der Waals surface area contributed by atoms with Gasteiger partial charge in [0, 0.05) is 31.3 Å². The lowest BCUT2D eigenvalue weighted by Crippen LogP contribution is -2.35. The molecule has 0 fully saturated rings. The number of para-hydroxylation sites is 1. The van der Waals surface area contributed by atoms with Gasteiger partial charge in [0.2, 0.25) is 0 Å². The Balaban J connectivity index is 1.67. The van der Waals surface area contributed by atoms with Crippen LogP contribution in [0.2, 0.25) is 0 Å². The highest BCUT2D eigenvalue weighted by Crippen LogP contribution is 2.31. The van der Waals surface area contributed by atoms with E-state index in [1.807, 2.05) is 73.0 Å². The molecular weight excluding hydrogens is 524 g/mol. The Morgan fingerprint density at radius 2 is 1.43 bits per heavy atom. The summed E-state index contributed by atoms with van der Waals surface area (Å²) in [4.78, 5) is 42.1. The van der Waals surface area contributed by atoms with Crippen molar-refractivity contribution in [2.24, 2.45) is 0 Å². The lowest BCUT2D eigenvalue weighted by atomic mass is 9.94. The number of thiophene rings is 1. The summed E-state index contributed by atoms with van der Waals surface area (Å²) in [6.07, 6.45) is 0.325. The molecule has 0 spiro atoms. The molecule has 7 nitrogen and oxygen atoms in total. The molecule has 40 heavy (non-hydrogen) atoms. The van der Waals surface area contributed by atoms with E-state index in [9.17, 15) is 19.5 Å². The van der Waals surface area contributed by atoms with Crippen molar-refractivity contribution < 1.29 is 24.2 Å². The summed E-state index contributed by atoms with van der Waals surface area (Å²) in [6, 6.07) is 25.8. The first-order chi connectivity index (χ1) is 19.4. The number of anilines is 1. The number of carbonyl (C=O) groups is 3. The molecule has 1 N–H and O–H groups in total. The number of aliphatic carboxylic acids is 1. The highest BCUT2D eigenvalue weighted by atomic mass is 32.1. The van der Waals surface area contributed by atoms with Crippen LogP contribution in [-0.4, -0.2) is 54.5 Å². The van der Waals surface area contributed by atoms with Crippen LogP contribution in [0.15, 0.2) is 90.3 Å². The summed E-state index contributed by atoms with van der Waals surface area (Å²) in [6.45, 7) is 2.80. The van der Waals surface area contributed by atoms with Gasteiger partial charge in [-0.1, -0.05) is 54.6 Å². The molecule has 3 aromatic carbocycles. The number of rotatable bonds is 12. The van der Waals surface area contributed by atoms with Gasteiger partial charge in [-0.15, -0.1) is 11.3 Å². The number of nitrogens with zero attached hydrogens (tertiary/aromatic N) is 2. The third-order valence-electron chi connectivity index (χ3n) is 6.55. The molecule has 0 aliphatic heterocycles. The highest BCUT2D eigenvalue weighted by Gasteiger charge is 2.24. The zero-order valence-electron chi connectivity index (χ0n) is 22.6. The van der Waals surface area contributed by atoms with Crippen LogP contribution in [0.5, 0.6) is 5.75 Å². The van der Waals surface area contributed by atoms with Crippen LogP contribution in [0.3, 0.4) is 0 Å². The molecule has 0 radical (unpaired) electrons. The van der Waals surface area contributed by atoms with E-state index in [-0.39, 0.29) is 24.8 Å². The molecule has 1 aromatic heterocycles. The smallest absolute Gasteiger partial charge is 0.305 e. The summed E-state index contributed by atoms with van der Waals surface area (Å²) in [5.41, 5.74) is 3.08. The molecule has 0 saturated carbocycles. The number of carboxylic acids is 1. The highest BCUT2D eigenvalue weighted by molar-refractivity contribution is 7.14. The van der Waals surface area contributed by atoms with E-state index in [0.717, 1.165) is 16.3 Å². The van der Waals surface area contributed by atoms with Crippen LogP contribution in [0.25, 0.3) is 11.1 Å². The van der Waals surface area contributed by atoms with Gasteiger partial charge in [-0.3, -0.25) is 14.4 Å². The molecule has 1 heterocycles. The summed E-state index contributed by atoms with van der Waals surface area (Å²) in [5, 5.41) is 12.1. The minimum Gasteiger partial charge on any atom is -0.494 e. The zero-order chi connectivity index (χ0) is 28.5. The first kappa shape index (κ1) is 28.6. The van der Waals surface area contributed by atoms with Gasteiger partial charge >= 0.3 is 5.97 Å². The van der Waals surface area contributed by atoms with Gasteiger partial charge in [0.25, 0.3) is 11.8 Å². The number of hydrogen-bond acceptors (Lipinski definition) is 5. The van der Waals surface area contributed by atoms with Gasteiger partial charge in [-0.2, -0.15) is 0 Å². The Bertz CT molecular complexity index is 1470. The third-order valence-corrected chi connectivity index (χ3v) is 7.50. The lowest BCUT2D eigenvalue weighted by Gasteiger charge is -2.25. The second kappa shape index (κ2) is 13.6. The molecule has 0 aliphatic carbocycles. The quantitative estimate of drug-likeness (QED) is 0.223. The fourth-order valence-corrected chi connectivity index (χ4v) is 5.22. The van der Waals surface area contributed by atoms with Crippen LogP contribution in [0, 0.1) is 0 Å². The van der Waals surface area contributed by atoms with Crippen molar-refractivity contribution >= 4 is 34.1 Å². The number of amides is 2. The van der Waals surface area contributed by atoms with E-state index < -0.39 is 5.97 Å². The van der Waals surface area contributed by atoms with Crippen LogP contribution in [0.4, 0.5) is 5.00 Å². The Morgan fingerprint density at radius 1 is 0.800 bits per heavy atom. The summed E-state index contributed by atoms with van der Waals surface area (Å²) in [5.74, 6) is -0.707. The third kappa shape index (κ3) is 6.76. The predicted octanol–water partition coefficient (Wildman–Crippen LogP) is 6.25. The molecule has 0 bridgehead atoms. The summed E-state index contributed by atoms with van der Waals surface area (Å²) >= 11 is 1.47. The second-order valence-corrected chi connectivity index (χ2v) is 10.1. The van der Waals surface area contributed by atoms with Crippen LogP contribution in [0.1, 0.15) is 39.6 Å². The van der Waals surface area contributed by atoms with Gasteiger partial charge < -0.3 is 19.6 Å². The van der Waals surface area contributed by atoms with Gasteiger partial charge in [-0.05, 0) is 65.7 Å². The predicted molar refractivity (Wildman–Crippen MR) is 158 cm³/mol. The second-order valence-electron chi connectivity index (χ2n) is 9.13. The summed E-state index contributed by atoms with van der Waals surface area (Å²) in [7, 11) is 1.73. The van der Waals surface area contributed by atoms with Gasteiger partial charge in [-0.25, -0.2) is 0 Å². The topological polar surface area (TPSA) is 87.1 Å². The molecule has 206 valence electrons. The average molecular weight is 557 g/mol. The van der Waals surface area contributed by atoms with Crippen molar-refractivity contribution in [1.82, 2.24) is 4.90 Å². The van der Waals surface area contributed by atoms with Gasteiger partial charge in [0.05, 0.1) is 18.0 Å². The van der Waals surface area contributed by atoms with Crippen LogP contribution in [-0.2, 0) is 11.2 Å². The number of hydrogen-bond donors (Lipinski definition) is 1. The molecule has 0 atom stereocenters. The number of ether oxygens (including phenoxy) is 1. The SMILES string of the molecule is CCOc1ccccc1CCN(CCC(=O)O)C(=O)c1ccccc1-c1ccccc1C(=O)N(C)c1cccs1. The van der Waals surface area contributed by atoms with E-state index in [2.05, 4.69) is 0 Å². The fourth-order valence-electron chi connectivity index (χ4n) is 4.53. The standard InChI is InChI=1S/C32H32N2O5S/c1-3-39-28-16-9-4-11-23(28)18-20-34(21-19-30(35)36)32(38)27-15-8-6-13-25(27)24-12-5-7-14-26(24)31(37)33(2)29-17-10-22-40-29/h4-17,22H,3,18-21H2,1-2H3,(H,35,36). The molecule has 0 unspecified atom stereocenters. The Kier molecular flexibility index (Phi) is 9.70. The van der Waals surface area contributed by atoms with Crippen molar-refractivity contribution in [3.8, 4) is 16.9 Å². The van der Waals surface area contributed by atoms with Crippen molar-refractivity contribution in [1.29, 1.82) is 0 Å². The van der Waals surface area contributed by atoms with Crippen LogP contribution < -0.4 is 9.64 Å². The summed E-state index contributed by atoms with van der Waals surface area (Å²) < 4.78 is 5.74. The molecule has 4 rings (SSSR count). The number of carboxylic acid groups (broad SMARTS) is 1. The van der Waals surface area contributed by atoms with Crippen molar-refractivity contribution in [3.63, 3.8) is 0 Å². The number of carbonyl (C=O) groups excluding carboxylic acids is 2. The monoisotopic (exact) mass is 556 g/mol. The Hall–Kier alpha value is -4.43. The van der Waals surface area contributed by atoms with E-state index >= 15 is 0 Å². The molecule has 0 aliphatic rings. The minimum absolute atomic E-state index is 0.0565. The average Bonchev–Trinajstić information content (AvgIpc) is 3.52. The van der Waals surface area contributed by atoms with Gasteiger partial charge in [0.15, 0.2) is 0 Å².